The maximum atomic E-state index is 10.2. The first kappa shape index (κ1) is 10.8. The number of hydrogen-bond donors (Lipinski definition) is 1. The van der Waals surface area contributed by atoms with E-state index in [9.17, 15) is 4.79 Å². The summed E-state index contributed by atoms with van der Waals surface area (Å²) in [6.07, 6.45) is 0.660. The quantitative estimate of drug-likeness (QED) is 0.611. The van der Waals surface area contributed by atoms with Crippen molar-refractivity contribution in [2.24, 2.45) is 0 Å². The third-order valence-corrected chi connectivity index (χ3v) is 2.33. The van der Waals surface area contributed by atoms with Gasteiger partial charge in [-0.1, -0.05) is 6.07 Å². The maximum absolute atomic E-state index is 10.2. The smallest absolute Gasteiger partial charge is 0.242 e. The number of nitrogens with one attached hydrogen (secondary N) is 1. The lowest BCUT2D eigenvalue weighted by Crippen LogP contribution is -2.29. The van der Waals surface area contributed by atoms with E-state index in [0.717, 1.165) is 11.4 Å². The average Bonchev–Trinajstić information content (AvgIpc) is 2.02. The van der Waals surface area contributed by atoms with E-state index in [0.29, 0.717) is 6.41 Å². The number of carbonyl (C=O) groups is 1. The van der Waals surface area contributed by atoms with Crippen LogP contribution in [-0.2, 0) is 4.79 Å². The highest BCUT2D eigenvalue weighted by molar-refractivity contribution is 6.70. The van der Waals surface area contributed by atoms with Crippen LogP contribution in [0.25, 0.3) is 0 Å². The van der Waals surface area contributed by atoms with Gasteiger partial charge < -0.3 is 9.74 Å². The molecular formula is C10H15NO2Si. The molecule has 0 radical (unpaired) electrons. The van der Waals surface area contributed by atoms with Crippen LogP contribution in [0.1, 0.15) is 0 Å². The molecule has 1 rings (SSSR count). The van der Waals surface area contributed by atoms with E-state index in [1.165, 1.54) is 0 Å². The second-order valence-corrected chi connectivity index (χ2v) is 8.43. The summed E-state index contributed by atoms with van der Waals surface area (Å²) in [5.74, 6) is 0.816. The van der Waals surface area contributed by atoms with Crippen LogP contribution in [0.5, 0.6) is 5.75 Å². The topological polar surface area (TPSA) is 38.3 Å². The molecule has 0 aliphatic heterocycles. The Balaban J connectivity index is 2.78. The minimum Gasteiger partial charge on any atom is -0.544 e. The minimum absolute atomic E-state index is 0.660. The van der Waals surface area contributed by atoms with Gasteiger partial charge in [-0.25, -0.2) is 0 Å². The van der Waals surface area contributed by atoms with Crippen molar-refractivity contribution in [2.45, 2.75) is 19.6 Å². The highest BCUT2D eigenvalue weighted by Crippen LogP contribution is 2.20. The molecule has 0 aliphatic rings. The van der Waals surface area contributed by atoms with Gasteiger partial charge >= 0.3 is 0 Å². The third kappa shape index (κ3) is 3.61. The highest BCUT2D eigenvalue weighted by atomic mass is 28.4. The van der Waals surface area contributed by atoms with Crippen molar-refractivity contribution >= 4 is 20.4 Å². The van der Waals surface area contributed by atoms with Gasteiger partial charge in [-0.15, -0.1) is 0 Å². The zero-order chi connectivity index (χ0) is 10.6. The minimum atomic E-state index is -1.56. The Morgan fingerprint density at radius 1 is 1.36 bits per heavy atom. The third-order valence-electron chi connectivity index (χ3n) is 1.48. The van der Waals surface area contributed by atoms with Crippen LogP contribution in [0.3, 0.4) is 0 Å². The predicted octanol–water partition coefficient (Wildman–Crippen LogP) is 2.47. The Bertz CT molecular complexity index is 320. The van der Waals surface area contributed by atoms with Crippen molar-refractivity contribution in [3.63, 3.8) is 0 Å². The van der Waals surface area contributed by atoms with E-state index in [4.69, 9.17) is 4.43 Å². The zero-order valence-electron chi connectivity index (χ0n) is 8.70. The van der Waals surface area contributed by atoms with Crippen LogP contribution in [0.15, 0.2) is 24.3 Å². The number of carbonyl (C=O) groups excluding carboxylic acids is 1. The van der Waals surface area contributed by atoms with Gasteiger partial charge in [0.15, 0.2) is 0 Å². The van der Waals surface area contributed by atoms with E-state index in [-0.39, 0.29) is 0 Å². The van der Waals surface area contributed by atoms with E-state index in [2.05, 4.69) is 25.0 Å². The average molecular weight is 209 g/mol. The Hall–Kier alpha value is -1.29. The number of amides is 1. The van der Waals surface area contributed by atoms with Gasteiger partial charge in [0.05, 0.1) is 0 Å². The number of rotatable bonds is 4. The van der Waals surface area contributed by atoms with Crippen molar-refractivity contribution in [2.75, 3.05) is 5.32 Å². The molecule has 1 aromatic carbocycles. The first-order valence-electron chi connectivity index (χ1n) is 4.50. The van der Waals surface area contributed by atoms with Gasteiger partial charge in [-0.3, -0.25) is 4.79 Å². The van der Waals surface area contributed by atoms with Gasteiger partial charge in [-0.05, 0) is 31.8 Å². The van der Waals surface area contributed by atoms with E-state index >= 15 is 0 Å². The van der Waals surface area contributed by atoms with E-state index < -0.39 is 8.32 Å². The summed E-state index contributed by atoms with van der Waals surface area (Å²) in [4.78, 5) is 10.2. The van der Waals surface area contributed by atoms with Crippen molar-refractivity contribution in [3.8, 4) is 5.75 Å². The second-order valence-electron chi connectivity index (χ2n) is 4.00. The van der Waals surface area contributed by atoms with Crippen molar-refractivity contribution < 1.29 is 9.22 Å². The fraction of sp³-hybridized carbons (Fsp3) is 0.300. The summed E-state index contributed by atoms with van der Waals surface area (Å²) >= 11 is 0. The Morgan fingerprint density at radius 3 is 2.64 bits per heavy atom. The van der Waals surface area contributed by atoms with Crippen molar-refractivity contribution in [1.82, 2.24) is 0 Å². The molecule has 0 saturated heterocycles. The van der Waals surface area contributed by atoms with Gasteiger partial charge in [0.2, 0.25) is 14.7 Å². The van der Waals surface area contributed by atoms with Gasteiger partial charge in [0, 0.05) is 11.8 Å². The molecule has 3 nitrogen and oxygen atoms in total. The van der Waals surface area contributed by atoms with Crippen LogP contribution in [0.4, 0.5) is 5.69 Å². The summed E-state index contributed by atoms with van der Waals surface area (Å²) in [6.45, 7) is 6.35. The molecule has 0 aromatic heterocycles. The van der Waals surface area contributed by atoms with E-state index in [1.54, 1.807) is 0 Å². The summed E-state index contributed by atoms with van der Waals surface area (Å²) in [5.41, 5.74) is 0.760. The lowest BCUT2D eigenvalue weighted by Gasteiger charge is -2.19. The molecule has 0 atom stereocenters. The molecule has 1 N–H and O–H groups in total. The molecule has 4 heteroatoms. The SMILES string of the molecule is C[Si](C)(C)Oc1cccc(NC=O)c1. The summed E-state index contributed by atoms with van der Waals surface area (Å²) in [5, 5.41) is 2.59. The van der Waals surface area contributed by atoms with Crippen molar-refractivity contribution in [1.29, 1.82) is 0 Å². The normalized spacial score (nSPS) is 10.8. The van der Waals surface area contributed by atoms with Gasteiger partial charge in [-0.2, -0.15) is 0 Å². The molecule has 76 valence electrons. The zero-order valence-corrected chi connectivity index (χ0v) is 9.70. The van der Waals surface area contributed by atoms with Crippen LogP contribution in [-0.4, -0.2) is 14.7 Å². The first-order chi connectivity index (χ1) is 6.51. The fourth-order valence-electron chi connectivity index (χ4n) is 1.07. The first-order valence-corrected chi connectivity index (χ1v) is 7.91. The molecule has 0 aliphatic carbocycles. The van der Waals surface area contributed by atoms with Crippen LogP contribution in [0.2, 0.25) is 19.6 Å². The molecule has 14 heavy (non-hydrogen) atoms. The summed E-state index contributed by atoms with van der Waals surface area (Å²) < 4.78 is 5.77. The van der Waals surface area contributed by atoms with E-state index in [1.807, 2.05) is 24.3 Å². The predicted molar refractivity (Wildman–Crippen MR) is 60.1 cm³/mol. The number of anilines is 1. The number of benzene rings is 1. The largest absolute Gasteiger partial charge is 0.544 e. The monoisotopic (exact) mass is 209 g/mol. The molecule has 1 aromatic rings. The van der Waals surface area contributed by atoms with Crippen LogP contribution < -0.4 is 9.74 Å². The van der Waals surface area contributed by atoms with Crippen LogP contribution in [0, 0.1) is 0 Å². The lowest BCUT2D eigenvalue weighted by molar-refractivity contribution is -0.105. The molecule has 0 fully saturated rings. The Labute approximate surface area is 85.2 Å². The maximum Gasteiger partial charge on any atom is 0.242 e. The Kier molecular flexibility index (Phi) is 3.30. The summed E-state index contributed by atoms with van der Waals surface area (Å²) in [6, 6.07) is 7.41. The standard InChI is InChI=1S/C10H15NO2Si/c1-14(2,3)13-10-6-4-5-9(7-10)11-8-12/h4-8H,1-3H3,(H,11,12). The highest BCUT2D eigenvalue weighted by Gasteiger charge is 2.15. The van der Waals surface area contributed by atoms with Gasteiger partial charge in [0.25, 0.3) is 0 Å². The number of hydrogen-bond acceptors (Lipinski definition) is 2. The van der Waals surface area contributed by atoms with Gasteiger partial charge in [0.1, 0.15) is 5.75 Å². The lowest BCUT2D eigenvalue weighted by atomic mass is 10.3. The molecule has 0 saturated carbocycles. The molecular weight excluding hydrogens is 194 g/mol. The molecule has 1 amide bonds. The molecule has 0 bridgehead atoms. The fourth-order valence-corrected chi connectivity index (χ4v) is 1.91. The summed E-state index contributed by atoms with van der Waals surface area (Å²) in [7, 11) is -1.56. The van der Waals surface area contributed by atoms with Crippen molar-refractivity contribution in [3.05, 3.63) is 24.3 Å². The second kappa shape index (κ2) is 4.28. The Morgan fingerprint density at radius 2 is 2.07 bits per heavy atom. The molecule has 0 spiro atoms. The van der Waals surface area contributed by atoms with Crippen LogP contribution >= 0.6 is 0 Å². The molecule has 0 heterocycles. The molecule has 0 unspecified atom stereocenters.